The predicted octanol–water partition coefficient (Wildman–Crippen LogP) is 1.19. The third-order valence-corrected chi connectivity index (χ3v) is 4.00. The molecule has 20 heavy (non-hydrogen) atoms. The Morgan fingerprint density at radius 3 is 2.40 bits per heavy atom. The molecule has 0 amide bonds. The summed E-state index contributed by atoms with van der Waals surface area (Å²) in [7, 11) is 2.12. The smallest absolute Gasteiger partial charge is 0.223 e. The van der Waals surface area contributed by atoms with Crippen LogP contribution >= 0.6 is 0 Å². The van der Waals surface area contributed by atoms with Gasteiger partial charge in [0.1, 0.15) is 0 Å². The summed E-state index contributed by atoms with van der Waals surface area (Å²) in [5.74, 6) is -0.0942. The number of pyridine rings is 1. The van der Waals surface area contributed by atoms with Crippen LogP contribution in [0.4, 0.5) is 0 Å². The summed E-state index contributed by atoms with van der Waals surface area (Å²) in [6.07, 6.45) is 0. The van der Waals surface area contributed by atoms with E-state index in [-0.39, 0.29) is 17.2 Å². The molecule has 1 N–H and O–H groups in total. The highest BCUT2D eigenvalue weighted by molar-refractivity contribution is 5.30. The van der Waals surface area contributed by atoms with Crippen LogP contribution in [0, 0.1) is 6.92 Å². The highest BCUT2D eigenvalue weighted by Crippen LogP contribution is 2.21. The van der Waals surface area contributed by atoms with Crippen molar-refractivity contribution in [3.8, 4) is 5.75 Å². The zero-order chi connectivity index (χ0) is 14.9. The Morgan fingerprint density at radius 1 is 1.25 bits per heavy atom. The second-order valence-electron chi connectivity index (χ2n) is 5.99. The number of piperazine rings is 1. The molecular formula is C15H25N3O2. The summed E-state index contributed by atoms with van der Waals surface area (Å²) in [6.45, 7) is 10.7. The van der Waals surface area contributed by atoms with Gasteiger partial charge in [-0.1, -0.05) is 0 Å². The van der Waals surface area contributed by atoms with E-state index in [2.05, 4.69) is 35.3 Å². The number of aryl methyl sites for hydroxylation is 1. The van der Waals surface area contributed by atoms with Crippen LogP contribution in [-0.4, -0.2) is 52.7 Å². The van der Waals surface area contributed by atoms with Crippen LogP contribution in [0.2, 0.25) is 0 Å². The van der Waals surface area contributed by atoms with Gasteiger partial charge in [0.25, 0.3) is 0 Å². The maximum Gasteiger partial charge on any atom is 0.223 e. The Bertz CT molecular complexity index is 529. The Balaban J connectivity index is 2.32. The average molecular weight is 279 g/mol. The Kier molecular flexibility index (Phi) is 4.50. The fraction of sp³-hybridized carbons (Fsp3) is 0.667. The summed E-state index contributed by atoms with van der Waals surface area (Å²) >= 11 is 0. The highest BCUT2D eigenvalue weighted by atomic mass is 16.3. The maximum atomic E-state index is 11.8. The SMILES string of the molecule is Cc1cc(=O)c(O)c(CN2CCN(C)CC2)n1C(C)C. The normalized spacial score (nSPS) is 17.9. The van der Waals surface area contributed by atoms with E-state index in [0.717, 1.165) is 37.6 Å². The Labute approximate surface area is 120 Å². The van der Waals surface area contributed by atoms with E-state index in [0.29, 0.717) is 6.54 Å². The molecule has 0 spiro atoms. The van der Waals surface area contributed by atoms with Crippen molar-refractivity contribution in [2.75, 3.05) is 33.2 Å². The zero-order valence-corrected chi connectivity index (χ0v) is 12.9. The van der Waals surface area contributed by atoms with Crippen LogP contribution in [0.1, 0.15) is 31.3 Å². The molecule has 1 aromatic rings. The quantitative estimate of drug-likeness (QED) is 0.903. The lowest BCUT2D eigenvalue weighted by Gasteiger charge is -2.33. The Morgan fingerprint density at radius 2 is 1.85 bits per heavy atom. The lowest BCUT2D eigenvalue weighted by Crippen LogP contribution is -2.44. The van der Waals surface area contributed by atoms with Crippen molar-refractivity contribution in [1.82, 2.24) is 14.4 Å². The molecule has 0 radical (unpaired) electrons. The van der Waals surface area contributed by atoms with E-state index < -0.39 is 0 Å². The van der Waals surface area contributed by atoms with E-state index in [9.17, 15) is 9.90 Å². The molecule has 5 nitrogen and oxygen atoms in total. The summed E-state index contributed by atoms with van der Waals surface area (Å²) in [5, 5.41) is 10.2. The molecule has 1 aliphatic heterocycles. The van der Waals surface area contributed by atoms with Crippen molar-refractivity contribution in [3.63, 3.8) is 0 Å². The number of rotatable bonds is 3. The number of hydrogen-bond acceptors (Lipinski definition) is 4. The van der Waals surface area contributed by atoms with Gasteiger partial charge < -0.3 is 14.6 Å². The lowest BCUT2D eigenvalue weighted by atomic mass is 10.2. The van der Waals surface area contributed by atoms with Crippen LogP contribution in [0.3, 0.4) is 0 Å². The van der Waals surface area contributed by atoms with Crippen molar-refractivity contribution in [3.05, 3.63) is 27.7 Å². The van der Waals surface area contributed by atoms with Crippen molar-refractivity contribution >= 4 is 0 Å². The van der Waals surface area contributed by atoms with E-state index in [1.165, 1.54) is 6.07 Å². The summed E-state index contributed by atoms with van der Waals surface area (Å²) in [4.78, 5) is 16.4. The molecule has 0 aliphatic carbocycles. The largest absolute Gasteiger partial charge is 0.503 e. The van der Waals surface area contributed by atoms with Crippen LogP contribution in [0.5, 0.6) is 5.75 Å². The second kappa shape index (κ2) is 5.97. The third kappa shape index (κ3) is 3.04. The molecule has 0 unspecified atom stereocenters. The van der Waals surface area contributed by atoms with Crippen molar-refractivity contribution in [2.45, 2.75) is 33.4 Å². The first-order valence-electron chi connectivity index (χ1n) is 7.25. The topological polar surface area (TPSA) is 48.7 Å². The minimum Gasteiger partial charge on any atom is -0.503 e. The van der Waals surface area contributed by atoms with Gasteiger partial charge in [0.2, 0.25) is 5.43 Å². The predicted molar refractivity (Wildman–Crippen MR) is 80.3 cm³/mol. The van der Waals surface area contributed by atoms with Crippen LogP contribution in [0.25, 0.3) is 0 Å². The molecular weight excluding hydrogens is 254 g/mol. The number of nitrogens with zero attached hydrogens (tertiary/aromatic N) is 3. The minimum absolute atomic E-state index is 0.0942. The van der Waals surface area contributed by atoms with Crippen LogP contribution < -0.4 is 5.43 Å². The van der Waals surface area contributed by atoms with Gasteiger partial charge in [0.05, 0.1) is 5.69 Å². The molecule has 1 aromatic heterocycles. The standard InChI is InChI=1S/C15H25N3O2/c1-11(2)18-12(3)9-14(19)15(20)13(18)10-17-7-5-16(4)6-8-17/h9,11,20H,5-8,10H2,1-4H3. The van der Waals surface area contributed by atoms with Crippen molar-refractivity contribution in [1.29, 1.82) is 0 Å². The minimum atomic E-state index is -0.275. The third-order valence-electron chi connectivity index (χ3n) is 4.00. The highest BCUT2D eigenvalue weighted by Gasteiger charge is 2.20. The van der Waals surface area contributed by atoms with E-state index in [1.807, 2.05) is 6.92 Å². The molecule has 0 atom stereocenters. The monoisotopic (exact) mass is 279 g/mol. The van der Waals surface area contributed by atoms with Gasteiger partial charge in [-0.05, 0) is 27.8 Å². The van der Waals surface area contributed by atoms with Crippen molar-refractivity contribution in [2.24, 2.45) is 0 Å². The van der Waals surface area contributed by atoms with Gasteiger partial charge >= 0.3 is 0 Å². The lowest BCUT2D eigenvalue weighted by molar-refractivity contribution is 0.143. The molecule has 0 bridgehead atoms. The van der Waals surface area contributed by atoms with Crippen LogP contribution in [-0.2, 0) is 6.54 Å². The molecule has 112 valence electrons. The average Bonchev–Trinajstić information content (AvgIpc) is 2.37. The molecule has 1 fully saturated rings. The fourth-order valence-corrected chi connectivity index (χ4v) is 2.88. The molecule has 1 saturated heterocycles. The number of hydrogen-bond donors (Lipinski definition) is 1. The van der Waals surface area contributed by atoms with Crippen LogP contribution in [0.15, 0.2) is 10.9 Å². The number of aromatic nitrogens is 1. The zero-order valence-electron chi connectivity index (χ0n) is 12.9. The van der Waals surface area contributed by atoms with Gasteiger partial charge in [-0.15, -0.1) is 0 Å². The molecule has 2 heterocycles. The molecule has 0 aromatic carbocycles. The molecule has 0 saturated carbocycles. The summed E-state index contributed by atoms with van der Waals surface area (Å²) in [5.41, 5.74) is 1.38. The van der Waals surface area contributed by atoms with Gasteiger partial charge in [0, 0.05) is 50.5 Å². The first-order valence-corrected chi connectivity index (χ1v) is 7.25. The van der Waals surface area contributed by atoms with Gasteiger partial charge in [-0.25, -0.2) is 0 Å². The summed E-state index contributed by atoms with van der Waals surface area (Å²) in [6, 6.07) is 1.74. The number of aromatic hydroxyl groups is 1. The van der Waals surface area contributed by atoms with Gasteiger partial charge in [-0.2, -0.15) is 0 Å². The van der Waals surface area contributed by atoms with Crippen molar-refractivity contribution < 1.29 is 5.11 Å². The van der Waals surface area contributed by atoms with E-state index in [1.54, 1.807) is 0 Å². The fourth-order valence-electron chi connectivity index (χ4n) is 2.88. The van der Waals surface area contributed by atoms with Gasteiger partial charge in [-0.3, -0.25) is 9.69 Å². The molecule has 1 aliphatic rings. The van der Waals surface area contributed by atoms with E-state index >= 15 is 0 Å². The maximum absolute atomic E-state index is 11.8. The van der Waals surface area contributed by atoms with E-state index in [4.69, 9.17) is 0 Å². The molecule has 5 heteroatoms. The summed E-state index contributed by atoms with van der Waals surface area (Å²) < 4.78 is 2.06. The molecule has 2 rings (SSSR count). The Hall–Kier alpha value is -1.33. The first-order chi connectivity index (χ1) is 9.40. The number of likely N-dealkylation sites (N-methyl/N-ethyl adjacent to an activating group) is 1. The van der Waals surface area contributed by atoms with Gasteiger partial charge in [0.15, 0.2) is 5.75 Å². The second-order valence-corrected chi connectivity index (χ2v) is 5.99. The first kappa shape index (κ1) is 15.1.